The van der Waals surface area contributed by atoms with E-state index in [0.717, 1.165) is 0 Å². The van der Waals surface area contributed by atoms with Gasteiger partial charge in [-0.25, -0.2) is 4.57 Å². The summed E-state index contributed by atoms with van der Waals surface area (Å²) in [5, 5.41) is 0. The topological polar surface area (TPSA) is 72.5 Å². The fourth-order valence-electron chi connectivity index (χ4n) is 0.861. The van der Waals surface area contributed by atoms with Crippen LogP contribution in [0, 0.1) is 37.6 Å². The molecule has 0 spiro atoms. The summed E-state index contributed by atoms with van der Waals surface area (Å²) < 4.78 is 40.8. The van der Waals surface area contributed by atoms with E-state index in [1.54, 1.807) is 0 Å². The number of ether oxygens (including phenoxy) is 3. The largest absolute Gasteiger partial charge is 0.475 e. The molecule has 0 aromatic carbocycles. The zero-order chi connectivity index (χ0) is 15.1. The summed E-state index contributed by atoms with van der Waals surface area (Å²) in [5.74, 6) is 0. The Morgan fingerprint density at radius 2 is 0.950 bits per heavy atom. The van der Waals surface area contributed by atoms with Gasteiger partial charge in [0.1, 0.15) is 38.1 Å². The second-order valence-electron chi connectivity index (χ2n) is 2.85. The molecular formula is C12H15O7P. The van der Waals surface area contributed by atoms with Crippen LogP contribution in [0.25, 0.3) is 0 Å². The van der Waals surface area contributed by atoms with Crippen molar-refractivity contribution in [2.75, 3.05) is 39.6 Å². The highest BCUT2D eigenvalue weighted by molar-refractivity contribution is 7.48. The molecule has 0 aliphatic carbocycles. The Morgan fingerprint density at radius 3 is 1.20 bits per heavy atom. The first-order chi connectivity index (χ1) is 9.68. The van der Waals surface area contributed by atoms with Crippen molar-refractivity contribution in [1.29, 1.82) is 0 Å². The molecule has 0 saturated carbocycles. The standard InChI is InChI=1S/C12H15O7P/c1-4-14-7-10-17-20(13,18-11-8-15-5-2)19-12-9-16-6-3/h1-3H,7-12H2. The minimum Gasteiger partial charge on any atom is -0.444 e. The summed E-state index contributed by atoms with van der Waals surface area (Å²) in [6, 6.07) is 0. The van der Waals surface area contributed by atoms with E-state index in [4.69, 9.17) is 32.8 Å². The van der Waals surface area contributed by atoms with Gasteiger partial charge in [-0.05, 0) is 0 Å². The number of hydrogen-bond donors (Lipinski definition) is 0. The van der Waals surface area contributed by atoms with Gasteiger partial charge >= 0.3 is 7.82 Å². The molecule has 0 unspecified atom stereocenters. The van der Waals surface area contributed by atoms with E-state index in [2.05, 4.69) is 14.2 Å². The molecule has 8 heteroatoms. The van der Waals surface area contributed by atoms with Crippen molar-refractivity contribution >= 4 is 7.82 Å². The van der Waals surface area contributed by atoms with Gasteiger partial charge in [0.15, 0.2) is 0 Å². The van der Waals surface area contributed by atoms with E-state index in [-0.39, 0.29) is 39.6 Å². The van der Waals surface area contributed by atoms with E-state index in [1.165, 1.54) is 0 Å². The summed E-state index contributed by atoms with van der Waals surface area (Å²) in [7, 11) is -3.79. The van der Waals surface area contributed by atoms with Crippen LogP contribution in [0.1, 0.15) is 0 Å². The average Bonchev–Trinajstić information content (AvgIpc) is 2.45. The number of hydrogen-bond acceptors (Lipinski definition) is 7. The number of phosphoric ester groups is 1. The van der Waals surface area contributed by atoms with Crippen LogP contribution in [0.3, 0.4) is 0 Å². The lowest BCUT2D eigenvalue weighted by atomic mass is 10.8. The molecular weight excluding hydrogens is 287 g/mol. The molecule has 0 N–H and O–H groups in total. The van der Waals surface area contributed by atoms with E-state index < -0.39 is 7.82 Å². The molecule has 0 aromatic rings. The molecule has 0 aliphatic heterocycles. The number of terminal acetylenes is 3. The highest BCUT2D eigenvalue weighted by Crippen LogP contribution is 2.49. The molecule has 20 heavy (non-hydrogen) atoms. The summed E-state index contributed by atoms with van der Waals surface area (Å²) >= 11 is 0. The molecule has 0 amide bonds. The Kier molecular flexibility index (Phi) is 11.1. The van der Waals surface area contributed by atoms with E-state index in [9.17, 15) is 4.57 Å². The number of phosphoric acid groups is 1. The highest BCUT2D eigenvalue weighted by atomic mass is 31.2. The maximum absolute atomic E-state index is 12.1. The smallest absolute Gasteiger partial charge is 0.444 e. The van der Waals surface area contributed by atoms with E-state index in [1.807, 2.05) is 18.3 Å². The first-order valence-corrected chi connectivity index (χ1v) is 6.90. The second kappa shape index (κ2) is 12.2. The summed E-state index contributed by atoms with van der Waals surface area (Å²) in [6.45, 7) is -0.118. The summed E-state index contributed by atoms with van der Waals surface area (Å²) in [4.78, 5) is 0. The monoisotopic (exact) mass is 302 g/mol. The molecule has 7 nitrogen and oxygen atoms in total. The summed E-state index contributed by atoms with van der Waals surface area (Å²) in [5.41, 5.74) is 0. The predicted molar refractivity (Wildman–Crippen MR) is 69.8 cm³/mol. The lowest BCUT2D eigenvalue weighted by Gasteiger charge is -2.17. The average molecular weight is 302 g/mol. The van der Waals surface area contributed by atoms with Crippen LogP contribution >= 0.6 is 7.82 Å². The third-order valence-electron chi connectivity index (χ3n) is 1.55. The van der Waals surface area contributed by atoms with Crippen molar-refractivity contribution < 1.29 is 32.3 Å². The van der Waals surface area contributed by atoms with Gasteiger partial charge in [-0.15, -0.1) is 0 Å². The molecule has 0 aliphatic rings. The van der Waals surface area contributed by atoms with Crippen LogP contribution in [0.5, 0.6) is 0 Å². The van der Waals surface area contributed by atoms with Gasteiger partial charge in [-0.1, -0.05) is 19.3 Å². The molecule has 0 bridgehead atoms. The van der Waals surface area contributed by atoms with Crippen molar-refractivity contribution in [2.45, 2.75) is 0 Å². The molecule has 0 heterocycles. The molecule has 0 saturated heterocycles. The zero-order valence-electron chi connectivity index (χ0n) is 10.8. The maximum Gasteiger partial charge on any atom is 0.475 e. The third kappa shape index (κ3) is 10.1. The van der Waals surface area contributed by atoms with Crippen LogP contribution in [-0.4, -0.2) is 39.6 Å². The molecule has 0 fully saturated rings. The Balaban J connectivity index is 4.14. The molecule has 0 radical (unpaired) electrons. The lowest BCUT2D eigenvalue weighted by Crippen LogP contribution is -2.10. The molecule has 0 aromatic heterocycles. The Labute approximate surface area is 118 Å². The first-order valence-electron chi connectivity index (χ1n) is 5.44. The minimum atomic E-state index is -3.79. The Hall–Kier alpha value is -1.81. The van der Waals surface area contributed by atoms with Crippen LogP contribution in [0.4, 0.5) is 0 Å². The normalized spacial score (nSPS) is 9.85. The van der Waals surface area contributed by atoms with E-state index >= 15 is 0 Å². The number of rotatable bonds is 12. The van der Waals surface area contributed by atoms with Crippen LogP contribution < -0.4 is 0 Å². The fourth-order valence-corrected chi connectivity index (χ4v) is 1.98. The third-order valence-corrected chi connectivity index (χ3v) is 3.05. The molecule has 0 rings (SSSR count). The van der Waals surface area contributed by atoms with Crippen LogP contribution in [-0.2, 0) is 32.3 Å². The Bertz CT molecular complexity index is 353. The fraction of sp³-hybridized carbons (Fsp3) is 0.500. The van der Waals surface area contributed by atoms with Crippen molar-refractivity contribution in [1.82, 2.24) is 0 Å². The van der Waals surface area contributed by atoms with Gasteiger partial charge in [0, 0.05) is 0 Å². The molecule has 0 atom stereocenters. The van der Waals surface area contributed by atoms with E-state index in [0.29, 0.717) is 0 Å². The van der Waals surface area contributed by atoms with Crippen LogP contribution in [0.15, 0.2) is 0 Å². The first kappa shape index (κ1) is 18.2. The van der Waals surface area contributed by atoms with Gasteiger partial charge < -0.3 is 14.2 Å². The van der Waals surface area contributed by atoms with Crippen LogP contribution in [0.2, 0.25) is 0 Å². The van der Waals surface area contributed by atoms with Crippen molar-refractivity contribution in [3.05, 3.63) is 0 Å². The van der Waals surface area contributed by atoms with Crippen molar-refractivity contribution in [2.24, 2.45) is 0 Å². The molecule has 110 valence electrons. The summed E-state index contributed by atoms with van der Waals surface area (Å²) in [6.07, 6.45) is 20.4. The quantitative estimate of drug-likeness (QED) is 0.302. The highest BCUT2D eigenvalue weighted by Gasteiger charge is 2.26. The SMILES string of the molecule is C#COCCOP(=O)(OCCOC#C)OCCOC#C. The lowest BCUT2D eigenvalue weighted by molar-refractivity contribution is 0.0724. The van der Waals surface area contributed by atoms with Gasteiger partial charge in [-0.2, -0.15) is 0 Å². The maximum atomic E-state index is 12.1. The van der Waals surface area contributed by atoms with Gasteiger partial charge in [0.05, 0.1) is 19.8 Å². The zero-order valence-corrected chi connectivity index (χ0v) is 11.7. The van der Waals surface area contributed by atoms with Crippen molar-refractivity contribution in [3.8, 4) is 37.6 Å². The minimum absolute atomic E-state index is 0.0366. The van der Waals surface area contributed by atoms with Crippen molar-refractivity contribution in [3.63, 3.8) is 0 Å². The predicted octanol–water partition coefficient (Wildman–Crippen LogP) is 0.966. The van der Waals surface area contributed by atoms with Gasteiger partial charge in [0.2, 0.25) is 0 Å². The Morgan fingerprint density at radius 1 is 0.650 bits per heavy atom. The second-order valence-corrected chi connectivity index (χ2v) is 4.51. The van der Waals surface area contributed by atoms with Gasteiger partial charge in [0.25, 0.3) is 0 Å². The van der Waals surface area contributed by atoms with Gasteiger partial charge in [-0.3, -0.25) is 13.6 Å².